The lowest BCUT2D eigenvalue weighted by Gasteiger charge is -2.12. The lowest BCUT2D eigenvalue weighted by atomic mass is 9.97. The molecule has 48 heavy (non-hydrogen) atoms. The number of fused-ring (bicyclic) bond motifs is 6. The highest BCUT2D eigenvalue weighted by atomic mass is 16.5. The summed E-state index contributed by atoms with van der Waals surface area (Å²) in [6.07, 6.45) is 3.87. The fourth-order valence-corrected chi connectivity index (χ4v) is 6.51. The van der Waals surface area contributed by atoms with Crippen molar-refractivity contribution in [1.82, 2.24) is 0 Å². The molecule has 3 aliphatic rings. The van der Waals surface area contributed by atoms with Crippen LogP contribution in [0.3, 0.4) is 0 Å². The number of benzene rings is 4. The Morgan fingerprint density at radius 3 is 1.35 bits per heavy atom. The molecule has 0 N–H and O–H groups in total. The number of allylic oxidation sites excluding steroid dienone is 4. The van der Waals surface area contributed by atoms with Crippen LogP contribution in [0.2, 0.25) is 0 Å². The van der Waals surface area contributed by atoms with Gasteiger partial charge in [0.25, 0.3) is 0 Å². The van der Waals surface area contributed by atoms with Crippen molar-refractivity contribution in [3.63, 3.8) is 0 Å². The highest BCUT2D eigenvalue weighted by Crippen LogP contribution is 2.41. The standard InChI is InChI=1S/C40H32N4O4/c1-5-47-39(45)32-19-11-17-30-34(32)26-13-7-9-15-28(26)37(30)43-41-25-21-23(3)36(24(4)22-25)42-44-38-29-16-10-8-14-27(29)35-31(38)18-12-20-33(35)40(46)48-6-2/h7-22H,5-6H2,1-4H3. The van der Waals surface area contributed by atoms with Crippen LogP contribution in [0.4, 0.5) is 0 Å². The van der Waals surface area contributed by atoms with Gasteiger partial charge in [0, 0.05) is 33.4 Å². The first kappa shape index (κ1) is 30.6. The van der Waals surface area contributed by atoms with Crippen molar-refractivity contribution in [2.75, 3.05) is 13.2 Å². The Hall–Kier alpha value is -6.02. The van der Waals surface area contributed by atoms with Crippen LogP contribution in [0, 0.1) is 0 Å². The summed E-state index contributed by atoms with van der Waals surface area (Å²) in [6.45, 7) is 8.13. The van der Waals surface area contributed by atoms with Gasteiger partial charge in [-0.1, -0.05) is 72.8 Å². The van der Waals surface area contributed by atoms with Crippen LogP contribution in [0.1, 0.15) is 70.7 Å². The Bertz CT molecular complexity index is 2190. The third-order valence-corrected chi connectivity index (χ3v) is 8.52. The van der Waals surface area contributed by atoms with E-state index in [1.165, 1.54) is 0 Å². The maximum absolute atomic E-state index is 12.8. The Morgan fingerprint density at radius 1 is 0.500 bits per heavy atom. The summed E-state index contributed by atoms with van der Waals surface area (Å²) < 4.78 is 10.7. The highest BCUT2D eigenvalue weighted by Gasteiger charge is 2.31. The lowest BCUT2D eigenvalue weighted by molar-refractivity contribution is 0.0517. The summed E-state index contributed by atoms with van der Waals surface area (Å²) in [5, 5.41) is 18.9. The number of ether oxygens (including phenoxy) is 2. The summed E-state index contributed by atoms with van der Waals surface area (Å²) >= 11 is 0. The van der Waals surface area contributed by atoms with Crippen LogP contribution >= 0.6 is 0 Å². The Kier molecular flexibility index (Phi) is 8.07. The predicted octanol–water partition coefficient (Wildman–Crippen LogP) is 7.99. The van der Waals surface area contributed by atoms with E-state index in [9.17, 15) is 9.59 Å². The largest absolute Gasteiger partial charge is 0.462 e. The maximum Gasteiger partial charge on any atom is 0.338 e. The average molecular weight is 633 g/mol. The number of nitrogens with zero attached hydrogens (tertiary/aromatic N) is 4. The van der Waals surface area contributed by atoms with Gasteiger partial charge in [0.05, 0.1) is 35.8 Å². The first-order valence-electron chi connectivity index (χ1n) is 15.9. The molecule has 0 fully saturated rings. The molecule has 4 aromatic carbocycles. The smallest absolute Gasteiger partial charge is 0.338 e. The van der Waals surface area contributed by atoms with Gasteiger partial charge in [-0.05, 0) is 74.3 Å². The van der Waals surface area contributed by atoms with Gasteiger partial charge in [-0.2, -0.15) is 5.10 Å². The van der Waals surface area contributed by atoms with E-state index in [0.717, 1.165) is 61.4 Å². The molecule has 0 saturated heterocycles. The number of carbonyl (C=O) groups excluding carboxylic acids is 2. The summed E-state index contributed by atoms with van der Waals surface area (Å²) in [5.74, 6) is -0.721. The molecule has 0 spiro atoms. The molecule has 236 valence electrons. The maximum atomic E-state index is 12.8. The molecule has 0 aromatic heterocycles. The van der Waals surface area contributed by atoms with Gasteiger partial charge in [0.2, 0.25) is 0 Å². The Morgan fingerprint density at radius 2 is 0.896 bits per heavy atom. The van der Waals surface area contributed by atoms with Crippen molar-refractivity contribution in [2.45, 2.75) is 27.7 Å². The number of hydrogen-bond donors (Lipinski definition) is 0. The molecular formula is C40H32N4O4. The van der Waals surface area contributed by atoms with Gasteiger partial charge in [-0.15, -0.1) is 15.3 Å². The minimum absolute atomic E-state index is 0.297. The van der Waals surface area contributed by atoms with Crippen molar-refractivity contribution < 1.29 is 19.1 Å². The number of rotatable bonds is 6. The van der Waals surface area contributed by atoms with E-state index in [2.05, 4.69) is 5.10 Å². The first-order valence-corrected chi connectivity index (χ1v) is 15.9. The quantitative estimate of drug-likeness (QED) is 0.105. The van der Waals surface area contributed by atoms with Gasteiger partial charge in [-0.25, -0.2) is 9.59 Å². The fraction of sp³-hybridized carbons (Fsp3) is 0.150. The van der Waals surface area contributed by atoms with Crippen LogP contribution in [-0.2, 0) is 9.47 Å². The van der Waals surface area contributed by atoms with E-state index in [-0.39, 0.29) is 11.9 Å². The topological polar surface area (TPSA) is 102 Å². The van der Waals surface area contributed by atoms with Crippen LogP contribution in [0.25, 0.3) is 22.3 Å². The molecule has 0 saturated carbocycles. The van der Waals surface area contributed by atoms with Crippen LogP contribution in [0.5, 0.6) is 0 Å². The van der Waals surface area contributed by atoms with E-state index >= 15 is 0 Å². The normalized spacial score (nSPS) is 15.7. The summed E-state index contributed by atoms with van der Waals surface area (Å²) in [6, 6.07) is 27.0. The number of carbonyl (C=O) groups is 2. The van der Waals surface area contributed by atoms with Crippen molar-refractivity contribution >= 4 is 34.8 Å². The highest BCUT2D eigenvalue weighted by molar-refractivity contribution is 6.29. The number of hydrogen-bond acceptors (Lipinski definition) is 8. The second kappa shape index (κ2) is 12.6. The first-order chi connectivity index (χ1) is 23.4. The van der Waals surface area contributed by atoms with E-state index in [0.29, 0.717) is 41.5 Å². The minimum atomic E-state index is -0.361. The van der Waals surface area contributed by atoms with Gasteiger partial charge >= 0.3 is 11.9 Å². The van der Waals surface area contributed by atoms with Crippen LogP contribution < -0.4 is 0 Å². The predicted molar refractivity (Wildman–Crippen MR) is 189 cm³/mol. The number of esters is 2. The summed E-state index contributed by atoms with van der Waals surface area (Å²) in [5.41, 5.74) is 12.6. The molecule has 0 unspecified atom stereocenters. The third kappa shape index (κ3) is 5.21. The molecular weight excluding hydrogens is 600 g/mol. The van der Waals surface area contributed by atoms with E-state index in [4.69, 9.17) is 24.8 Å². The van der Waals surface area contributed by atoms with E-state index in [1.54, 1.807) is 26.0 Å². The minimum Gasteiger partial charge on any atom is -0.462 e. The molecule has 0 atom stereocenters. The van der Waals surface area contributed by atoms with Gasteiger partial charge in [0.15, 0.2) is 0 Å². The molecule has 3 aliphatic carbocycles. The summed E-state index contributed by atoms with van der Waals surface area (Å²) in [4.78, 5) is 25.6. The molecule has 0 heterocycles. The zero-order chi connectivity index (χ0) is 33.4. The second-order valence-electron chi connectivity index (χ2n) is 11.5. The third-order valence-electron chi connectivity index (χ3n) is 8.52. The van der Waals surface area contributed by atoms with Gasteiger partial charge < -0.3 is 9.47 Å². The molecule has 0 aliphatic heterocycles. The van der Waals surface area contributed by atoms with Crippen molar-refractivity contribution in [3.8, 4) is 22.3 Å². The van der Waals surface area contributed by atoms with E-state index in [1.807, 2.05) is 98.8 Å². The fourth-order valence-electron chi connectivity index (χ4n) is 6.51. The van der Waals surface area contributed by atoms with Crippen LogP contribution in [-0.4, -0.2) is 48.0 Å². The molecule has 0 bridgehead atoms. The van der Waals surface area contributed by atoms with Gasteiger partial charge in [0.1, 0.15) is 11.4 Å². The van der Waals surface area contributed by atoms with Crippen molar-refractivity contribution in [1.29, 1.82) is 0 Å². The monoisotopic (exact) mass is 632 g/mol. The second-order valence-corrected chi connectivity index (χ2v) is 11.5. The summed E-state index contributed by atoms with van der Waals surface area (Å²) in [7, 11) is 0. The molecule has 8 heteroatoms. The van der Waals surface area contributed by atoms with Crippen molar-refractivity contribution in [3.05, 3.63) is 142 Å². The molecule has 0 amide bonds. The molecule has 8 nitrogen and oxygen atoms in total. The Balaban J connectivity index is 1.24. The van der Waals surface area contributed by atoms with Gasteiger partial charge in [-0.3, -0.25) is 0 Å². The Labute approximate surface area is 278 Å². The van der Waals surface area contributed by atoms with Crippen molar-refractivity contribution in [2.24, 2.45) is 20.4 Å². The zero-order valence-electron chi connectivity index (χ0n) is 27.1. The zero-order valence-corrected chi connectivity index (χ0v) is 27.1. The molecule has 4 aromatic rings. The molecule has 0 radical (unpaired) electrons. The van der Waals surface area contributed by atoms with E-state index < -0.39 is 0 Å². The average Bonchev–Trinajstić information content (AvgIpc) is 3.59. The SMILES string of the molecule is CCOC(=O)c1cccc2c1-c1ccccc1C2=NN=C1C=C(C)C(=NN=C2c3ccccc3-c3c(C(=O)OCC)cccc32)C(C)=C1. The molecule has 7 rings (SSSR count). The van der Waals surface area contributed by atoms with Crippen LogP contribution in [0.15, 0.2) is 129 Å². The lowest BCUT2D eigenvalue weighted by Crippen LogP contribution is -2.11.